The summed E-state index contributed by atoms with van der Waals surface area (Å²) in [7, 11) is 0. The second kappa shape index (κ2) is 3.81. The zero-order valence-corrected chi connectivity index (χ0v) is 7.68. The van der Waals surface area contributed by atoms with E-state index in [1.54, 1.807) is 0 Å². The van der Waals surface area contributed by atoms with Crippen molar-refractivity contribution in [2.45, 2.75) is 6.04 Å². The number of H-pyrrole nitrogens is 1. The molecule has 2 rings (SSSR count). The standard InChI is InChI=1S/C7H13N5O2/c8-6-9-7(11-10-6)12-1-2-14-4-5(12)3-13/h5,13H,1-4H2,(H3,8,9,10,11). The quantitative estimate of drug-likeness (QED) is 0.540. The molecule has 0 saturated carbocycles. The van der Waals surface area contributed by atoms with E-state index in [-0.39, 0.29) is 18.6 Å². The van der Waals surface area contributed by atoms with Gasteiger partial charge in [-0.25, -0.2) is 5.10 Å². The Bertz CT molecular complexity index is 302. The fourth-order valence-corrected chi connectivity index (χ4v) is 1.46. The Kier molecular flexibility index (Phi) is 2.51. The molecule has 1 aliphatic heterocycles. The SMILES string of the molecule is Nc1nc(N2CCOCC2CO)n[nH]1. The molecule has 1 fully saturated rings. The molecule has 1 saturated heterocycles. The number of rotatable bonds is 2. The summed E-state index contributed by atoms with van der Waals surface area (Å²) in [5, 5.41) is 15.6. The molecule has 0 aromatic carbocycles. The lowest BCUT2D eigenvalue weighted by atomic mass is 10.2. The van der Waals surface area contributed by atoms with Crippen LogP contribution in [0.25, 0.3) is 0 Å². The minimum absolute atomic E-state index is 0.0223. The van der Waals surface area contributed by atoms with E-state index in [1.165, 1.54) is 0 Å². The fraction of sp³-hybridized carbons (Fsp3) is 0.714. The largest absolute Gasteiger partial charge is 0.394 e. The molecule has 0 amide bonds. The average molecular weight is 199 g/mol. The van der Waals surface area contributed by atoms with E-state index in [4.69, 9.17) is 15.6 Å². The number of hydrogen-bond acceptors (Lipinski definition) is 6. The van der Waals surface area contributed by atoms with Gasteiger partial charge in [0.2, 0.25) is 11.9 Å². The van der Waals surface area contributed by atoms with Gasteiger partial charge in [0.1, 0.15) is 0 Å². The van der Waals surface area contributed by atoms with E-state index in [0.717, 1.165) is 0 Å². The molecule has 7 heteroatoms. The molecular formula is C7H13N5O2. The number of nitrogens with zero attached hydrogens (tertiary/aromatic N) is 3. The molecule has 0 radical (unpaired) electrons. The molecule has 1 unspecified atom stereocenters. The second-order valence-electron chi connectivity index (χ2n) is 3.13. The molecule has 0 aliphatic carbocycles. The maximum atomic E-state index is 9.11. The molecule has 1 aromatic rings. The molecule has 1 aromatic heterocycles. The van der Waals surface area contributed by atoms with Gasteiger partial charge in [-0.05, 0) is 0 Å². The van der Waals surface area contributed by atoms with Crippen LogP contribution in [0.2, 0.25) is 0 Å². The Labute approximate surface area is 80.9 Å². The number of nitrogens with one attached hydrogen (secondary N) is 1. The fourth-order valence-electron chi connectivity index (χ4n) is 1.46. The van der Waals surface area contributed by atoms with Crippen LogP contribution in [0.1, 0.15) is 0 Å². The summed E-state index contributed by atoms with van der Waals surface area (Å²) in [5.41, 5.74) is 5.42. The number of aromatic nitrogens is 3. The van der Waals surface area contributed by atoms with Crippen LogP contribution in [-0.4, -0.2) is 52.7 Å². The predicted molar refractivity (Wildman–Crippen MR) is 49.8 cm³/mol. The van der Waals surface area contributed by atoms with Gasteiger partial charge >= 0.3 is 0 Å². The van der Waals surface area contributed by atoms with Crippen molar-refractivity contribution in [3.8, 4) is 0 Å². The number of nitrogen functional groups attached to an aromatic ring is 1. The van der Waals surface area contributed by atoms with Crippen LogP contribution in [0.5, 0.6) is 0 Å². The molecule has 14 heavy (non-hydrogen) atoms. The van der Waals surface area contributed by atoms with Gasteiger partial charge in [0.05, 0.1) is 25.9 Å². The van der Waals surface area contributed by atoms with Crippen LogP contribution in [0.15, 0.2) is 0 Å². The van der Waals surface area contributed by atoms with Gasteiger partial charge in [-0.15, -0.1) is 5.10 Å². The second-order valence-corrected chi connectivity index (χ2v) is 3.13. The summed E-state index contributed by atoms with van der Waals surface area (Å²) < 4.78 is 5.23. The summed E-state index contributed by atoms with van der Waals surface area (Å²) in [5.74, 6) is 0.799. The van der Waals surface area contributed by atoms with E-state index < -0.39 is 0 Å². The highest BCUT2D eigenvalue weighted by Gasteiger charge is 2.25. The summed E-state index contributed by atoms with van der Waals surface area (Å²) >= 11 is 0. The Hall–Kier alpha value is -1.34. The van der Waals surface area contributed by atoms with Crippen LogP contribution in [-0.2, 0) is 4.74 Å². The number of ether oxygens (including phenoxy) is 1. The van der Waals surface area contributed by atoms with Gasteiger partial charge in [0.25, 0.3) is 0 Å². The van der Waals surface area contributed by atoms with Gasteiger partial charge in [-0.1, -0.05) is 0 Å². The van der Waals surface area contributed by atoms with Crippen LogP contribution in [0, 0.1) is 0 Å². The molecule has 78 valence electrons. The van der Waals surface area contributed by atoms with Crippen molar-refractivity contribution in [3.05, 3.63) is 0 Å². The third-order valence-electron chi connectivity index (χ3n) is 2.19. The topological polar surface area (TPSA) is 100 Å². The lowest BCUT2D eigenvalue weighted by molar-refractivity contribution is 0.0718. The maximum Gasteiger partial charge on any atom is 0.246 e. The third-order valence-corrected chi connectivity index (χ3v) is 2.19. The Morgan fingerprint density at radius 2 is 2.57 bits per heavy atom. The Morgan fingerprint density at radius 3 is 3.21 bits per heavy atom. The number of nitrogens with two attached hydrogens (primary N) is 1. The van der Waals surface area contributed by atoms with Crippen molar-refractivity contribution in [2.75, 3.05) is 37.0 Å². The van der Waals surface area contributed by atoms with Gasteiger partial charge in [-0.2, -0.15) is 4.98 Å². The zero-order chi connectivity index (χ0) is 9.97. The number of morpholine rings is 1. The van der Waals surface area contributed by atoms with E-state index in [0.29, 0.717) is 25.7 Å². The normalized spacial score (nSPS) is 22.6. The Balaban J connectivity index is 2.14. The lowest BCUT2D eigenvalue weighted by Crippen LogP contribution is -2.48. The van der Waals surface area contributed by atoms with Crippen LogP contribution in [0.3, 0.4) is 0 Å². The summed E-state index contributed by atoms with van der Waals surface area (Å²) in [4.78, 5) is 5.89. The van der Waals surface area contributed by atoms with Crippen LogP contribution < -0.4 is 10.6 Å². The predicted octanol–water partition coefficient (Wildman–Crippen LogP) is -1.42. The highest BCUT2D eigenvalue weighted by molar-refractivity contribution is 5.35. The van der Waals surface area contributed by atoms with Gasteiger partial charge in [0, 0.05) is 6.54 Å². The zero-order valence-electron chi connectivity index (χ0n) is 7.68. The first-order valence-electron chi connectivity index (χ1n) is 4.44. The first-order chi connectivity index (χ1) is 6.81. The molecule has 0 spiro atoms. The van der Waals surface area contributed by atoms with E-state index in [9.17, 15) is 0 Å². The van der Waals surface area contributed by atoms with E-state index in [1.807, 2.05) is 4.90 Å². The van der Waals surface area contributed by atoms with Crippen molar-refractivity contribution < 1.29 is 9.84 Å². The lowest BCUT2D eigenvalue weighted by Gasteiger charge is -2.33. The summed E-state index contributed by atoms with van der Waals surface area (Å²) in [6.07, 6.45) is 0. The summed E-state index contributed by atoms with van der Waals surface area (Å²) in [6, 6.07) is -0.0843. The highest BCUT2D eigenvalue weighted by Crippen LogP contribution is 2.14. The molecule has 4 N–H and O–H groups in total. The van der Waals surface area contributed by atoms with Crippen molar-refractivity contribution in [2.24, 2.45) is 0 Å². The third kappa shape index (κ3) is 1.64. The molecule has 0 bridgehead atoms. The van der Waals surface area contributed by atoms with E-state index in [2.05, 4.69) is 15.2 Å². The van der Waals surface area contributed by atoms with Crippen molar-refractivity contribution in [1.29, 1.82) is 0 Å². The molecule has 2 heterocycles. The highest BCUT2D eigenvalue weighted by atomic mass is 16.5. The van der Waals surface area contributed by atoms with Crippen LogP contribution >= 0.6 is 0 Å². The number of aliphatic hydroxyl groups excluding tert-OH is 1. The van der Waals surface area contributed by atoms with Crippen molar-refractivity contribution >= 4 is 11.9 Å². The first-order valence-corrected chi connectivity index (χ1v) is 4.44. The molecule has 7 nitrogen and oxygen atoms in total. The number of aliphatic hydroxyl groups is 1. The monoisotopic (exact) mass is 199 g/mol. The van der Waals surface area contributed by atoms with Gasteiger partial charge in [0.15, 0.2) is 0 Å². The summed E-state index contributed by atoms with van der Waals surface area (Å²) in [6.45, 7) is 1.80. The van der Waals surface area contributed by atoms with Crippen molar-refractivity contribution in [3.63, 3.8) is 0 Å². The smallest absolute Gasteiger partial charge is 0.246 e. The number of anilines is 2. The van der Waals surface area contributed by atoms with E-state index >= 15 is 0 Å². The molecule has 1 atom stereocenters. The van der Waals surface area contributed by atoms with Crippen molar-refractivity contribution in [1.82, 2.24) is 15.2 Å². The minimum Gasteiger partial charge on any atom is -0.394 e. The average Bonchev–Trinajstić information content (AvgIpc) is 2.65. The number of aromatic amines is 1. The van der Waals surface area contributed by atoms with Gasteiger partial charge < -0.3 is 20.5 Å². The first kappa shape index (κ1) is 9.22. The van der Waals surface area contributed by atoms with Crippen LogP contribution in [0.4, 0.5) is 11.9 Å². The minimum atomic E-state index is -0.0843. The number of hydrogen-bond donors (Lipinski definition) is 3. The Morgan fingerprint density at radius 1 is 1.71 bits per heavy atom. The maximum absolute atomic E-state index is 9.11. The molecular weight excluding hydrogens is 186 g/mol. The van der Waals surface area contributed by atoms with Gasteiger partial charge in [-0.3, -0.25) is 0 Å². The molecule has 1 aliphatic rings.